The Hall–Kier alpha value is -2.92. The number of halogens is 4. The van der Waals surface area contributed by atoms with Gasteiger partial charge in [0.05, 0.1) is 0 Å². The Bertz CT molecular complexity index is 1180. The summed E-state index contributed by atoms with van der Waals surface area (Å²) in [7, 11) is 0. The van der Waals surface area contributed by atoms with Crippen LogP contribution in [0.2, 0.25) is 0 Å². The van der Waals surface area contributed by atoms with Crippen LogP contribution in [0.4, 0.5) is 17.6 Å². The lowest BCUT2D eigenvalue weighted by Gasteiger charge is -2.19. The monoisotopic (exact) mass is 424 g/mol. The number of epoxide rings is 1. The van der Waals surface area contributed by atoms with Crippen LogP contribution >= 0.6 is 0 Å². The minimum absolute atomic E-state index is 0.0972. The number of hydrogen-bond donors (Lipinski definition) is 0. The van der Waals surface area contributed by atoms with Crippen molar-refractivity contribution in [2.45, 2.75) is 37.6 Å². The molecular formula is C26H20F4O. The molecule has 1 heterocycles. The van der Waals surface area contributed by atoms with Gasteiger partial charge in [-0.15, -0.1) is 0 Å². The van der Waals surface area contributed by atoms with Crippen molar-refractivity contribution in [2.75, 3.05) is 0 Å². The Morgan fingerprint density at radius 3 is 2.23 bits per heavy atom. The lowest BCUT2D eigenvalue weighted by atomic mass is 9.82. The first-order chi connectivity index (χ1) is 14.9. The molecule has 1 aliphatic heterocycles. The number of benzene rings is 3. The molecule has 158 valence electrons. The molecule has 0 saturated carbocycles. The highest BCUT2D eigenvalue weighted by Gasteiger charge is 2.74. The summed E-state index contributed by atoms with van der Waals surface area (Å²) in [5, 5.41) is 0. The van der Waals surface area contributed by atoms with Gasteiger partial charge >= 0.3 is 0 Å². The van der Waals surface area contributed by atoms with E-state index in [1.165, 1.54) is 11.6 Å². The molecular weight excluding hydrogens is 404 g/mol. The Morgan fingerprint density at radius 1 is 0.871 bits per heavy atom. The summed E-state index contributed by atoms with van der Waals surface area (Å²) in [4.78, 5) is 0. The normalized spacial score (nSPS) is 23.4. The number of aryl methyl sites for hydroxylation is 1. The Labute approximate surface area is 178 Å². The maximum absolute atomic E-state index is 15.7. The molecule has 0 radical (unpaired) electrons. The van der Waals surface area contributed by atoms with E-state index in [-0.39, 0.29) is 11.1 Å². The molecule has 3 aromatic carbocycles. The summed E-state index contributed by atoms with van der Waals surface area (Å²) < 4.78 is 61.9. The van der Waals surface area contributed by atoms with E-state index in [2.05, 4.69) is 19.1 Å². The molecule has 31 heavy (non-hydrogen) atoms. The zero-order valence-electron chi connectivity index (χ0n) is 16.9. The molecule has 1 aliphatic carbocycles. The first-order valence-electron chi connectivity index (χ1n) is 10.3. The van der Waals surface area contributed by atoms with Crippen LogP contribution in [0.15, 0.2) is 60.7 Å². The highest BCUT2D eigenvalue weighted by atomic mass is 19.2. The van der Waals surface area contributed by atoms with Gasteiger partial charge < -0.3 is 4.74 Å². The summed E-state index contributed by atoms with van der Waals surface area (Å²) in [6, 6.07) is 15.2. The van der Waals surface area contributed by atoms with E-state index in [9.17, 15) is 13.2 Å². The van der Waals surface area contributed by atoms with Gasteiger partial charge in [-0.3, -0.25) is 0 Å². The van der Waals surface area contributed by atoms with Gasteiger partial charge in [-0.2, -0.15) is 0 Å². The van der Waals surface area contributed by atoms with Crippen molar-refractivity contribution in [2.24, 2.45) is 0 Å². The maximum Gasteiger partial charge on any atom is 0.274 e. The highest BCUT2D eigenvalue weighted by Crippen LogP contribution is 2.67. The standard InChI is InChI=1S/C26H20F4O/c1-2-3-4-16-5-7-17(8-6-16)18-9-10-21-19(13-18)11-12-25(26(21,30)31-25)20-14-22(27)24(29)23(28)15-20/h5-15H,2-4H2,1H3. The van der Waals surface area contributed by atoms with Crippen molar-refractivity contribution in [1.82, 2.24) is 0 Å². The lowest BCUT2D eigenvalue weighted by Crippen LogP contribution is -2.21. The number of alkyl halides is 1. The molecule has 3 aromatic rings. The van der Waals surface area contributed by atoms with E-state index in [0.29, 0.717) is 5.56 Å². The van der Waals surface area contributed by atoms with E-state index in [4.69, 9.17) is 4.74 Å². The van der Waals surface area contributed by atoms with Crippen LogP contribution in [-0.4, -0.2) is 0 Å². The molecule has 1 saturated heterocycles. The third-order valence-electron chi connectivity index (χ3n) is 6.15. The van der Waals surface area contributed by atoms with Crippen LogP contribution < -0.4 is 0 Å². The van der Waals surface area contributed by atoms with Crippen molar-refractivity contribution in [3.05, 3.63) is 100 Å². The molecule has 0 N–H and O–H groups in total. The number of hydrogen-bond acceptors (Lipinski definition) is 1. The first-order valence-corrected chi connectivity index (χ1v) is 10.3. The predicted molar refractivity (Wildman–Crippen MR) is 111 cm³/mol. The summed E-state index contributed by atoms with van der Waals surface area (Å²) in [6.07, 6.45) is 6.45. The molecule has 1 fully saturated rings. The smallest absolute Gasteiger partial charge is 0.274 e. The molecule has 5 rings (SSSR count). The Morgan fingerprint density at radius 2 is 1.55 bits per heavy atom. The molecule has 1 nitrogen and oxygen atoms in total. The molecule has 2 atom stereocenters. The SMILES string of the molecule is CCCCc1ccc(-c2ccc3c(c2)C=CC2(c4cc(F)c(F)c(F)c4)OC32F)cc1. The molecule has 0 aromatic heterocycles. The van der Waals surface area contributed by atoms with Crippen LogP contribution in [0.3, 0.4) is 0 Å². The van der Waals surface area contributed by atoms with Gasteiger partial charge in [0.25, 0.3) is 5.85 Å². The molecule has 0 amide bonds. The third kappa shape index (κ3) is 3.02. The summed E-state index contributed by atoms with van der Waals surface area (Å²) in [5.74, 6) is -6.59. The molecule has 2 aliphatic rings. The largest absolute Gasteiger partial charge is 0.317 e. The topological polar surface area (TPSA) is 12.5 Å². The molecule has 0 spiro atoms. The minimum Gasteiger partial charge on any atom is -0.317 e. The van der Waals surface area contributed by atoms with Gasteiger partial charge in [-0.25, -0.2) is 17.6 Å². The van der Waals surface area contributed by atoms with E-state index >= 15 is 4.39 Å². The fraction of sp³-hybridized carbons (Fsp3) is 0.231. The molecule has 5 heteroatoms. The van der Waals surface area contributed by atoms with Gasteiger partial charge in [-0.1, -0.05) is 55.8 Å². The fourth-order valence-electron chi connectivity index (χ4n) is 4.33. The summed E-state index contributed by atoms with van der Waals surface area (Å²) in [6.45, 7) is 2.16. The van der Waals surface area contributed by atoms with Crippen molar-refractivity contribution >= 4 is 6.08 Å². The van der Waals surface area contributed by atoms with Gasteiger partial charge in [-0.05, 0) is 59.4 Å². The Kier molecular flexibility index (Phi) is 4.56. The van der Waals surface area contributed by atoms with E-state index in [0.717, 1.165) is 42.5 Å². The molecule has 2 unspecified atom stereocenters. The second-order valence-electron chi connectivity index (χ2n) is 8.12. The number of fused-ring (bicyclic) bond motifs is 3. The van der Waals surface area contributed by atoms with Gasteiger partial charge in [0.2, 0.25) is 0 Å². The van der Waals surface area contributed by atoms with Crippen LogP contribution in [0.1, 0.15) is 42.0 Å². The van der Waals surface area contributed by atoms with Crippen LogP contribution in [0, 0.1) is 17.5 Å². The zero-order chi connectivity index (χ0) is 21.8. The molecule has 0 bridgehead atoms. The van der Waals surface area contributed by atoms with Crippen molar-refractivity contribution in [1.29, 1.82) is 0 Å². The Balaban J connectivity index is 1.48. The fourth-order valence-corrected chi connectivity index (χ4v) is 4.33. The van der Waals surface area contributed by atoms with E-state index in [1.54, 1.807) is 18.2 Å². The van der Waals surface area contributed by atoms with E-state index < -0.39 is 28.9 Å². The third-order valence-corrected chi connectivity index (χ3v) is 6.15. The zero-order valence-corrected chi connectivity index (χ0v) is 16.9. The van der Waals surface area contributed by atoms with Crippen molar-refractivity contribution in [3.8, 4) is 11.1 Å². The van der Waals surface area contributed by atoms with Crippen molar-refractivity contribution in [3.63, 3.8) is 0 Å². The maximum atomic E-state index is 15.7. The van der Waals surface area contributed by atoms with Gasteiger partial charge in [0.1, 0.15) is 0 Å². The summed E-state index contributed by atoms with van der Waals surface area (Å²) in [5.41, 5.74) is 2.38. The van der Waals surface area contributed by atoms with Crippen LogP contribution in [0.25, 0.3) is 17.2 Å². The second-order valence-corrected chi connectivity index (χ2v) is 8.12. The number of ether oxygens (including phenoxy) is 1. The van der Waals surface area contributed by atoms with E-state index in [1.807, 2.05) is 18.2 Å². The van der Waals surface area contributed by atoms with Crippen LogP contribution in [0.5, 0.6) is 0 Å². The average molecular weight is 424 g/mol. The highest BCUT2D eigenvalue weighted by molar-refractivity contribution is 5.73. The number of rotatable bonds is 5. The number of unbranched alkanes of at least 4 members (excludes halogenated alkanes) is 1. The predicted octanol–water partition coefficient (Wildman–Crippen LogP) is 7.19. The average Bonchev–Trinajstić information content (AvgIpc) is 3.43. The summed E-state index contributed by atoms with van der Waals surface area (Å²) >= 11 is 0. The van der Waals surface area contributed by atoms with Gasteiger partial charge in [0.15, 0.2) is 23.1 Å². The van der Waals surface area contributed by atoms with Crippen molar-refractivity contribution < 1.29 is 22.3 Å². The minimum atomic E-state index is -2.25. The lowest BCUT2D eigenvalue weighted by molar-refractivity contribution is 0.140. The quantitative estimate of drug-likeness (QED) is 0.240. The van der Waals surface area contributed by atoms with Crippen LogP contribution in [-0.2, 0) is 22.6 Å². The second kappa shape index (κ2) is 7.06. The first kappa shape index (κ1) is 20.0. The van der Waals surface area contributed by atoms with Gasteiger partial charge in [0, 0.05) is 11.1 Å².